The third-order valence-corrected chi connectivity index (χ3v) is 5.99. The van der Waals surface area contributed by atoms with E-state index in [1.165, 1.54) is 30.5 Å². The van der Waals surface area contributed by atoms with Gasteiger partial charge in [0.15, 0.2) is 5.96 Å². The van der Waals surface area contributed by atoms with Crippen LogP contribution in [-0.2, 0) is 16.6 Å². The fourth-order valence-corrected chi connectivity index (χ4v) is 3.45. The highest BCUT2D eigenvalue weighted by Crippen LogP contribution is 2.15. The van der Waals surface area contributed by atoms with E-state index < -0.39 is 10.0 Å². The number of aliphatic imine (C=N–C) groups is 1. The first kappa shape index (κ1) is 23.6. The normalized spacial score (nSPS) is 13.2. The first-order chi connectivity index (χ1) is 14.2. The molecule has 0 saturated heterocycles. The van der Waals surface area contributed by atoms with E-state index in [2.05, 4.69) is 15.6 Å². The summed E-state index contributed by atoms with van der Waals surface area (Å²) in [6.45, 7) is 5.39. The molecule has 0 saturated carbocycles. The van der Waals surface area contributed by atoms with Crippen LogP contribution >= 0.6 is 0 Å². The summed E-state index contributed by atoms with van der Waals surface area (Å²) in [5, 5.41) is 6.35. The van der Waals surface area contributed by atoms with Gasteiger partial charge in [0.05, 0.1) is 18.0 Å². The summed E-state index contributed by atoms with van der Waals surface area (Å²) < 4.78 is 44.4. The lowest BCUT2D eigenvalue weighted by Crippen LogP contribution is -2.41. The summed E-state index contributed by atoms with van der Waals surface area (Å²) in [7, 11) is -0.443. The second kappa shape index (κ2) is 10.9. The third-order valence-electron chi connectivity index (χ3n) is 4.16. The number of sulfonamides is 1. The van der Waals surface area contributed by atoms with Gasteiger partial charge in [-0.15, -0.1) is 0 Å². The maximum Gasteiger partial charge on any atom is 0.242 e. The molecule has 0 aliphatic carbocycles. The highest BCUT2D eigenvalue weighted by Gasteiger charge is 2.16. The molecule has 0 radical (unpaired) electrons. The zero-order valence-corrected chi connectivity index (χ0v) is 18.5. The van der Waals surface area contributed by atoms with Gasteiger partial charge in [0.2, 0.25) is 10.0 Å². The first-order valence-electron chi connectivity index (χ1n) is 9.68. The van der Waals surface area contributed by atoms with Crippen molar-refractivity contribution in [3.63, 3.8) is 0 Å². The summed E-state index contributed by atoms with van der Waals surface area (Å²) in [5.74, 6) is 0.739. The van der Waals surface area contributed by atoms with E-state index in [9.17, 15) is 12.8 Å². The van der Waals surface area contributed by atoms with E-state index in [-0.39, 0.29) is 16.8 Å². The van der Waals surface area contributed by atoms with Gasteiger partial charge in [-0.2, -0.15) is 0 Å². The molecular weight excluding hydrogens is 407 g/mol. The van der Waals surface area contributed by atoms with Crippen molar-refractivity contribution in [2.45, 2.75) is 31.4 Å². The molecule has 1 unspecified atom stereocenters. The molecule has 0 spiro atoms. The minimum Gasteiger partial charge on any atom is -0.489 e. The van der Waals surface area contributed by atoms with Gasteiger partial charge in [0.25, 0.3) is 0 Å². The Bertz CT molecular complexity index is 947. The van der Waals surface area contributed by atoms with Crippen molar-refractivity contribution >= 4 is 16.0 Å². The quantitative estimate of drug-likeness (QED) is 0.466. The number of benzene rings is 2. The molecule has 1 atom stereocenters. The topological polar surface area (TPSA) is 83.0 Å². The van der Waals surface area contributed by atoms with Gasteiger partial charge in [-0.1, -0.05) is 18.2 Å². The maximum absolute atomic E-state index is 13.3. The SMILES string of the molecule is CCNC(=NCc1ccc(S(=O)(=O)N(C)C)cc1)NCC(C)Oc1cccc(F)c1. The van der Waals surface area contributed by atoms with Crippen molar-refractivity contribution in [3.8, 4) is 5.75 Å². The summed E-state index contributed by atoms with van der Waals surface area (Å²) in [4.78, 5) is 4.77. The van der Waals surface area contributed by atoms with Gasteiger partial charge >= 0.3 is 0 Å². The Kier molecular flexibility index (Phi) is 8.61. The molecule has 9 heteroatoms. The predicted molar refractivity (Wildman–Crippen MR) is 117 cm³/mol. The minimum absolute atomic E-state index is 0.203. The predicted octanol–water partition coefficient (Wildman–Crippen LogP) is 2.60. The maximum atomic E-state index is 13.3. The Balaban J connectivity index is 1.95. The van der Waals surface area contributed by atoms with Crippen LogP contribution in [0, 0.1) is 5.82 Å². The number of guanidine groups is 1. The molecule has 0 heterocycles. The molecule has 2 aromatic rings. The van der Waals surface area contributed by atoms with E-state index in [0.717, 1.165) is 5.56 Å². The molecule has 2 N–H and O–H groups in total. The Hall–Kier alpha value is -2.65. The van der Waals surface area contributed by atoms with E-state index in [4.69, 9.17) is 4.74 Å². The fraction of sp³-hybridized carbons (Fsp3) is 0.381. The number of halogens is 1. The summed E-state index contributed by atoms with van der Waals surface area (Å²) in [6.07, 6.45) is -0.203. The molecule has 0 bridgehead atoms. The van der Waals surface area contributed by atoms with Crippen LogP contribution < -0.4 is 15.4 Å². The molecule has 0 fully saturated rings. The number of hydrogen-bond acceptors (Lipinski definition) is 4. The molecule has 164 valence electrons. The number of nitrogens with zero attached hydrogens (tertiary/aromatic N) is 2. The van der Waals surface area contributed by atoms with Gasteiger partial charge in [-0.05, 0) is 43.7 Å². The number of nitrogens with one attached hydrogen (secondary N) is 2. The van der Waals surface area contributed by atoms with E-state index in [0.29, 0.717) is 31.3 Å². The van der Waals surface area contributed by atoms with Crippen LogP contribution in [0.5, 0.6) is 5.75 Å². The lowest BCUT2D eigenvalue weighted by Gasteiger charge is -2.17. The number of hydrogen-bond donors (Lipinski definition) is 2. The van der Waals surface area contributed by atoms with Crippen LogP contribution in [0.25, 0.3) is 0 Å². The molecule has 30 heavy (non-hydrogen) atoms. The van der Waals surface area contributed by atoms with Gasteiger partial charge in [-0.3, -0.25) is 0 Å². The molecule has 2 aromatic carbocycles. The summed E-state index contributed by atoms with van der Waals surface area (Å²) in [5.41, 5.74) is 0.883. The standard InChI is InChI=1S/C21H29FN4O3S/c1-5-23-21(24-14-16(2)29-19-8-6-7-18(22)13-19)25-15-17-9-11-20(12-10-17)30(27,28)26(3)4/h6-13,16H,5,14-15H2,1-4H3,(H2,23,24,25). The van der Waals surface area contributed by atoms with E-state index in [1.807, 2.05) is 13.8 Å². The lowest BCUT2D eigenvalue weighted by molar-refractivity contribution is 0.223. The Labute approximate surface area is 178 Å². The molecule has 0 aliphatic rings. The Morgan fingerprint density at radius 3 is 2.47 bits per heavy atom. The second-order valence-corrected chi connectivity index (χ2v) is 9.05. The summed E-state index contributed by atoms with van der Waals surface area (Å²) >= 11 is 0. The van der Waals surface area contributed by atoms with Crippen LogP contribution in [0.2, 0.25) is 0 Å². The molecule has 0 aliphatic heterocycles. The van der Waals surface area contributed by atoms with Gasteiger partial charge < -0.3 is 15.4 Å². The number of ether oxygens (including phenoxy) is 1. The van der Waals surface area contributed by atoms with Gasteiger partial charge in [0, 0.05) is 26.7 Å². The van der Waals surface area contributed by atoms with Crippen molar-refractivity contribution in [3.05, 3.63) is 59.9 Å². The van der Waals surface area contributed by atoms with Crippen LogP contribution in [0.4, 0.5) is 4.39 Å². The molecule has 0 amide bonds. The third kappa shape index (κ3) is 7.00. The van der Waals surface area contributed by atoms with Gasteiger partial charge in [0.1, 0.15) is 17.7 Å². The fourth-order valence-electron chi connectivity index (χ4n) is 2.54. The monoisotopic (exact) mass is 436 g/mol. The van der Waals surface area contributed by atoms with Crippen molar-refractivity contribution in [1.82, 2.24) is 14.9 Å². The highest BCUT2D eigenvalue weighted by atomic mass is 32.2. The molecular formula is C21H29FN4O3S. The van der Waals surface area contributed by atoms with Crippen molar-refractivity contribution in [2.75, 3.05) is 27.2 Å². The minimum atomic E-state index is -3.44. The number of rotatable bonds is 9. The largest absolute Gasteiger partial charge is 0.489 e. The first-order valence-corrected chi connectivity index (χ1v) is 11.1. The van der Waals surface area contributed by atoms with E-state index in [1.54, 1.807) is 36.4 Å². The Morgan fingerprint density at radius 1 is 1.17 bits per heavy atom. The van der Waals surface area contributed by atoms with Gasteiger partial charge in [-0.25, -0.2) is 22.1 Å². The average molecular weight is 437 g/mol. The zero-order chi connectivity index (χ0) is 22.1. The lowest BCUT2D eigenvalue weighted by atomic mass is 10.2. The van der Waals surface area contributed by atoms with Crippen molar-refractivity contribution in [2.24, 2.45) is 4.99 Å². The average Bonchev–Trinajstić information content (AvgIpc) is 2.70. The van der Waals surface area contributed by atoms with Crippen LogP contribution in [0.3, 0.4) is 0 Å². The van der Waals surface area contributed by atoms with Crippen molar-refractivity contribution in [1.29, 1.82) is 0 Å². The van der Waals surface area contributed by atoms with Crippen LogP contribution in [0.15, 0.2) is 58.4 Å². The highest BCUT2D eigenvalue weighted by molar-refractivity contribution is 7.89. The van der Waals surface area contributed by atoms with E-state index >= 15 is 0 Å². The zero-order valence-electron chi connectivity index (χ0n) is 17.7. The molecule has 0 aromatic heterocycles. The smallest absolute Gasteiger partial charge is 0.242 e. The van der Waals surface area contributed by atoms with Crippen LogP contribution in [-0.4, -0.2) is 52.0 Å². The summed E-state index contributed by atoms with van der Waals surface area (Å²) in [6, 6.07) is 12.7. The molecule has 2 rings (SSSR count). The van der Waals surface area contributed by atoms with Crippen LogP contribution in [0.1, 0.15) is 19.4 Å². The second-order valence-electron chi connectivity index (χ2n) is 6.89. The Morgan fingerprint density at radius 2 is 1.87 bits per heavy atom. The van der Waals surface area contributed by atoms with Crippen molar-refractivity contribution < 1.29 is 17.5 Å². The molecule has 7 nitrogen and oxygen atoms in total.